The van der Waals surface area contributed by atoms with Crippen LogP contribution in [-0.2, 0) is 33.4 Å². The standard InChI is InChI=1S/C30H53NO12/c1-19(2)21(14-12-10-8-6-4-5-7-9-11-13-15-23(32)31-20(3)29(39)40)42-30-28(38)27(37)26(36)22(43-30)18-41-25(35)17-16-24(33)34/h19-22,26-28,30,36-38H,4-18H2,1-3H3,(H,31,32)(H,33,34)(H,39,40)/t20-,21+,22+,26+,27-,28+,30-/m0/s1. The number of amides is 1. The van der Waals surface area contributed by atoms with Gasteiger partial charge in [-0.05, 0) is 25.7 Å². The van der Waals surface area contributed by atoms with Crippen molar-refractivity contribution < 1.29 is 58.9 Å². The first-order chi connectivity index (χ1) is 20.3. The van der Waals surface area contributed by atoms with E-state index in [0.717, 1.165) is 70.6 Å². The topological polar surface area (TPSA) is 209 Å². The van der Waals surface area contributed by atoms with Crippen LogP contribution in [0, 0.1) is 5.92 Å². The van der Waals surface area contributed by atoms with Crippen LogP contribution in [0.1, 0.15) is 111 Å². The van der Waals surface area contributed by atoms with E-state index in [9.17, 15) is 34.5 Å². The molecule has 0 bridgehead atoms. The summed E-state index contributed by atoms with van der Waals surface area (Å²) in [5, 5.41) is 51.0. The van der Waals surface area contributed by atoms with Crippen LogP contribution >= 0.6 is 0 Å². The van der Waals surface area contributed by atoms with Gasteiger partial charge in [0, 0.05) is 6.42 Å². The Kier molecular flexibility index (Phi) is 19.3. The zero-order chi connectivity index (χ0) is 32.4. The van der Waals surface area contributed by atoms with E-state index in [0.29, 0.717) is 6.42 Å². The van der Waals surface area contributed by atoms with Gasteiger partial charge < -0.3 is 45.1 Å². The van der Waals surface area contributed by atoms with Crippen LogP contribution in [0.4, 0.5) is 0 Å². The molecule has 250 valence electrons. The first kappa shape index (κ1) is 38.7. The SMILES string of the molecule is CC(C)[C@@H](CCCCCCCCCCCCC(=O)N[C@@H](C)C(=O)O)O[C@H]1O[C@H](COC(=O)CCC(=O)O)[C@@H](O)[C@H](O)[C@H]1O. The minimum Gasteiger partial charge on any atom is -0.481 e. The monoisotopic (exact) mass is 619 g/mol. The molecule has 1 heterocycles. The molecule has 13 heteroatoms. The number of carboxylic acids is 2. The van der Waals surface area contributed by atoms with E-state index in [1.54, 1.807) is 0 Å². The van der Waals surface area contributed by atoms with E-state index >= 15 is 0 Å². The lowest BCUT2D eigenvalue weighted by atomic mass is 9.97. The third kappa shape index (κ3) is 16.4. The Bertz CT molecular complexity index is 838. The van der Waals surface area contributed by atoms with Crippen LogP contribution in [0.25, 0.3) is 0 Å². The number of aliphatic hydroxyl groups is 3. The van der Waals surface area contributed by atoms with Crippen LogP contribution in [0.15, 0.2) is 0 Å². The summed E-state index contributed by atoms with van der Waals surface area (Å²) in [6.07, 6.45) is 3.34. The Morgan fingerprint density at radius 1 is 0.744 bits per heavy atom. The van der Waals surface area contributed by atoms with Gasteiger partial charge in [-0.15, -0.1) is 0 Å². The van der Waals surface area contributed by atoms with Crippen molar-refractivity contribution in [1.82, 2.24) is 5.32 Å². The minimum atomic E-state index is -1.57. The highest BCUT2D eigenvalue weighted by atomic mass is 16.7. The Morgan fingerprint density at radius 2 is 1.30 bits per heavy atom. The Hall–Kier alpha value is -2.32. The predicted octanol–water partition coefficient (Wildman–Crippen LogP) is 2.51. The largest absolute Gasteiger partial charge is 0.481 e. The molecule has 0 aromatic heterocycles. The highest BCUT2D eigenvalue weighted by molar-refractivity contribution is 5.83. The van der Waals surface area contributed by atoms with Gasteiger partial charge in [-0.25, -0.2) is 0 Å². The van der Waals surface area contributed by atoms with Crippen molar-refractivity contribution in [2.24, 2.45) is 5.92 Å². The number of nitrogens with one attached hydrogen (secondary N) is 1. The molecule has 7 atom stereocenters. The van der Waals surface area contributed by atoms with Crippen LogP contribution < -0.4 is 5.32 Å². The molecule has 43 heavy (non-hydrogen) atoms. The van der Waals surface area contributed by atoms with Gasteiger partial charge >= 0.3 is 17.9 Å². The Labute approximate surface area is 254 Å². The van der Waals surface area contributed by atoms with E-state index in [2.05, 4.69) is 5.32 Å². The molecule has 0 radical (unpaired) electrons. The summed E-state index contributed by atoms with van der Waals surface area (Å²) >= 11 is 0. The average Bonchev–Trinajstić information content (AvgIpc) is 2.94. The number of unbranched alkanes of at least 4 members (excludes halogenated alkanes) is 9. The molecule has 1 saturated heterocycles. The highest BCUT2D eigenvalue weighted by Gasteiger charge is 2.45. The summed E-state index contributed by atoms with van der Waals surface area (Å²) in [4.78, 5) is 44.8. The molecule has 1 aliphatic rings. The van der Waals surface area contributed by atoms with Gasteiger partial charge in [0.1, 0.15) is 37.1 Å². The van der Waals surface area contributed by atoms with Gasteiger partial charge in [-0.2, -0.15) is 0 Å². The fourth-order valence-electron chi connectivity index (χ4n) is 4.77. The molecule has 1 aliphatic heterocycles. The first-order valence-corrected chi connectivity index (χ1v) is 15.6. The summed E-state index contributed by atoms with van der Waals surface area (Å²) < 4.78 is 16.7. The highest BCUT2D eigenvalue weighted by Crippen LogP contribution is 2.27. The molecular formula is C30H53NO12. The van der Waals surface area contributed by atoms with E-state index in [4.69, 9.17) is 24.4 Å². The predicted molar refractivity (Wildman–Crippen MR) is 155 cm³/mol. The van der Waals surface area contributed by atoms with Gasteiger partial charge in [-0.1, -0.05) is 71.6 Å². The number of aliphatic hydroxyl groups excluding tert-OH is 3. The van der Waals surface area contributed by atoms with Crippen LogP contribution in [0.3, 0.4) is 0 Å². The lowest BCUT2D eigenvalue weighted by Gasteiger charge is -2.41. The summed E-state index contributed by atoms with van der Waals surface area (Å²) in [7, 11) is 0. The molecular weight excluding hydrogens is 566 g/mol. The number of carboxylic acid groups (broad SMARTS) is 2. The number of carbonyl (C=O) groups is 4. The number of carbonyl (C=O) groups excluding carboxylic acids is 2. The van der Waals surface area contributed by atoms with Crippen molar-refractivity contribution in [2.75, 3.05) is 6.61 Å². The summed E-state index contributed by atoms with van der Waals surface area (Å²) in [5.74, 6) is -3.08. The quantitative estimate of drug-likeness (QED) is 0.0720. The van der Waals surface area contributed by atoms with Gasteiger partial charge in [0.25, 0.3) is 0 Å². The second-order valence-corrected chi connectivity index (χ2v) is 11.7. The van der Waals surface area contributed by atoms with Gasteiger partial charge in [0.2, 0.25) is 5.91 Å². The van der Waals surface area contributed by atoms with Crippen molar-refractivity contribution in [2.45, 2.75) is 154 Å². The molecule has 6 N–H and O–H groups in total. The maximum Gasteiger partial charge on any atom is 0.325 e. The number of rotatable bonds is 23. The number of hydrogen-bond acceptors (Lipinski definition) is 10. The molecule has 0 spiro atoms. The molecule has 1 rings (SSSR count). The molecule has 1 fully saturated rings. The Morgan fingerprint density at radius 3 is 1.84 bits per heavy atom. The van der Waals surface area contributed by atoms with Gasteiger partial charge in [0.05, 0.1) is 18.9 Å². The average molecular weight is 620 g/mol. The van der Waals surface area contributed by atoms with Crippen molar-refractivity contribution in [3.63, 3.8) is 0 Å². The van der Waals surface area contributed by atoms with E-state index in [1.165, 1.54) is 6.92 Å². The lowest BCUT2D eigenvalue weighted by molar-refractivity contribution is -0.315. The molecule has 0 aliphatic carbocycles. The zero-order valence-corrected chi connectivity index (χ0v) is 25.8. The second-order valence-electron chi connectivity index (χ2n) is 11.7. The third-order valence-corrected chi connectivity index (χ3v) is 7.56. The number of hydrogen-bond donors (Lipinski definition) is 6. The zero-order valence-electron chi connectivity index (χ0n) is 25.8. The van der Waals surface area contributed by atoms with E-state index in [1.807, 2.05) is 13.8 Å². The summed E-state index contributed by atoms with van der Waals surface area (Å²) in [5.41, 5.74) is 0. The number of aliphatic carboxylic acids is 2. The second kappa shape index (κ2) is 21.4. The minimum absolute atomic E-state index is 0.0961. The van der Waals surface area contributed by atoms with Crippen molar-refractivity contribution in [3.8, 4) is 0 Å². The summed E-state index contributed by atoms with van der Waals surface area (Å²) in [6, 6.07) is -0.864. The van der Waals surface area contributed by atoms with Gasteiger partial charge in [-0.3, -0.25) is 19.2 Å². The fraction of sp³-hybridized carbons (Fsp3) is 0.867. The Balaban J connectivity index is 2.26. The van der Waals surface area contributed by atoms with Crippen LogP contribution in [0.2, 0.25) is 0 Å². The lowest BCUT2D eigenvalue weighted by Crippen LogP contribution is -2.60. The normalized spacial score (nSPS) is 23.5. The van der Waals surface area contributed by atoms with E-state index in [-0.39, 0.29) is 24.3 Å². The fourth-order valence-corrected chi connectivity index (χ4v) is 4.77. The smallest absolute Gasteiger partial charge is 0.325 e. The van der Waals surface area contributed by atoms with Crippen LogP contribution in [-0.4, -0.2) is 98.8 Å². The molecule has 0 unspecified atom stereocenters. The molecule has 1 amide bonds. The van der Waals surface area contributed by atoms with Crippen molar-refractivity contribution in [1.29, 1.82) is 0 Å². The number of esters is 1. The van der Waals surface area contributed by atoms with Crippen molar-refractivity contribution >= 4 is 23.8 Å². The molecule has 13 nitrogen and oxygen atoms in total. The van der Waals surface area contributed by atoms with Gasteiger partial charge in [0.15, 0.2) is 6.29 Å². The number of ether oxygens (including phenoxy) is 3. The van der Waals surface area contributed by atoms with E-state index < -0.39 is 67.7 Å². The molecule has 0 saturated carbocycles. The first-order valence-electron chi connectivity index (χ1n) is 15.6. The molecule has 0 aromatic rings. The maximum atomic E-state index is 11.7. The van der Waals surface area contributed by atoms with Crippen molar-refractivity contribution in [3.05, 3.63) is 0 Å². The molecule has 0 aromatic carbocycles. The third-order valence-electron chi connectivity index (χ3n) is 7.56. The van der Waals surface area contributed by atoms with Crippen LogP contribution in [0.5, 0.6) is 0 Å². The maximum absolute atomic E-state index is 11.7. The summed E-state index contributed by atoms with van der Waals surface area (Å²) in [6.45, 7) is 5.00.